The summed E-state index contributed by atoms with van der Waals surface area (Å²) >= 11 is 0. The van der Waals surface area contributed by atoms with E-state index in [1.54, 1.807) is 6.08 Å². The summed E-state index contributed by atoms with van der Waals surface area (Å²) in [6.07, 6.45) is 1.71. The summed E-state index contributed by atoms with van der Waals surface area (Å²) in [5.41, 5.74) is 3.14. The van der Waals surface area contributed by atoms with Crippen molar-refractivity contribution in [3.8, 4) is 5.75 Å². The highest BCUT2D eigenvalue weighted by atomic mass is 16.3. The first-order valence-electron chi connectivity index (χ1n) is 5.00. The van der Waals surface area contributed by atoms with Crippen molar-refractivity contribution >= 4 is 16.8 Å². The van der Waals surface area contributed by atoms with Gasteiger partial charge in [0.25, 0.3) is 0 Å². The zero-order valence-corrected chi connectivity index (χ0v) is 9.04. The van der Waals surface area contributed by atoms with Crippen molar-refractivity contribution in [2.45, 2.75) is 13.8 Å². The molecule has 0 bridgehead atoms. The van der Waals surface area contributed by atoms with Crippen LogP contribution in [0.5, 0.6) is 5.75 Å². The molecule has 0 fully saturated rings. The molecule has 0 radical (unpaired) electrons. The van der Waals surface area contributed by atoms with Crippen molar-refractivity contribution in [2.75, 3.05) is 0 Å². The van der Waals surface area contributed by atoms with Crippen LogP contribution in [0.2, 0.25) is 0 Å². The van der Waals surface area contributed by atoms with E-state index in [0.29, 0.717) is 5.75 Å². The molecule has 2 rings (SSSR count). The number of fused-ring (bicyclic) bond motifs is 1. The van der Waals surface area contributed by atoms with E-state index in [2.05, 4.69) is 13.5 Å². The van der Waals surface area contributed by atoms with Crippen molar-refractivity contribution < 1.29 is 5.11 Å². The summed E-state index contributed by atoms with van der Waals surface area (Å²) in [6, 6.07) is 7.89. The summed E-state index contributed by atoms with van der Waals surface area (Å²) in [6.45, 7) is 7.83. The van der Waals surface area contributed by atoms with Gasteiger partial charge in [0.2, 0.25) is 0 Å². The van der Waals surface area contributed by atoms with Crippen molar-refractivity contribution in [1.82, 2.24) is 0 Å². The summed E-state index contributed by atoms with van der Waals surface area (Å²) in [7, 11) is 0. The third-order valence-corrected chi connectivity index (χ3v) is 3.01. The van der Waals surface area contributed by atoms with Crippen molar-refractivity contribution in [3.05, 3.63) is 47.5 Å². The zero-order chi connectivity index (χ0) is 11.0. The normalized spacial score (nSPS) is 10.5. The number of hydrogen-bond donors (Lipinski definition) is 1. The van der Waals surface area contributed by atoms with Crippen LogP contribution in [0.1, 0.15) is 16.7 Å². The zero-order valence-electron chi connectivity index (χ0n) is 9.04. The van der Waals surface area contributed by atoms with Crippen LogP contribution in [-0.4, -0.2) is 5.11 Å². The maximum Gasteiger partial charge on any atom is 0.130 e. The Morgan fingerprint density at radius 3 is 2.27 bits per heavy atom. The van der Waals surface area contributed by atoms with Gasteiger partial charge in [0.15, 0.2) is 0 Å². The maximum absolute atomic E-state index is 10.1. The van der Waals surface area contributed by atoms with Crippen LogP contribution < -0.4 is 0 Å². The molecule has 0 amide bonds. The van der Waals surface area contributed by atoms with Gasteiger partial charge in [-0.05, 0) is 30.4 Å². The molecule has 0 unspecified atom stereocenters. The van der Waals surface area contributed by atoms with Crippen molar-refractivity contribution in [2.24, 2.45) is 0 Å². The van der Waals surface area contributed by atoms with Gasteiger partial charge in [-0.15, -0.1) is 0 Å². The van der Waals surface area contributed by atoms with E-state index >= 15 is 0 Å². The molecule has 2 aromatic carbocycles. The number of hydrogen-bond acceptors (Lipinski definition) is 1. The smallest absolute Gasteiger partial charge is 0.130 e. The third-order valence-electron chi connectivity index (χ3n) is 3.01. The van der Waals surface area contributed by atoms with Crippen molar-refractivity contribution in [1.29, 1.82) is 0 Å². The molecule has 1 nitrogen and oxygen atoms in total. The highest BCUT2D eigenvalue weighted by Crippen LogP contribution is 2.35. The predicted octanol–water partition coefficient (Wildman–Crippen LogP) is 3.81. The van der Waals surface area contributed by atoms with Crippen LogP contribution in [-0.2, 0) is 0 Å². The second-order valence-corrected chi connectivity index (χ2v) is 3.76. The first-order valence-corrected chi connectivity index (χ1v) is 5.00. The Kier molecular flexibility index (Phi) is 2.24. The Morgan fingerprint density at radius 2 is 1.67 bits per heavy atom. The molecule has 1 N–H and O–H groups in total. The maximum atomic E-state index is 10.1. The number of benzene rings is 2. The Bertz CT molecular complexity index is 539. The predicted molar refractivity (Wildman–Crippen MR) is 65.2 cm³/mol. The fourth-order valence-electron chi connectivity index (χ4n) is 1.99. The van der Waals surface area contributed by atoms with Crippen molar-refractivity contribution in [3.63, 3.8) is 0 Å². The van der Waals surface area contributed by atoms with Gasteiger partial charge in [0.1, 0.15) is 5.75 Å². The van der Waals surface area contributed by atoms with E-state index < -0.39 is 0 Å². The van der Waals surface area contributed by atoms with Gasteiger partial charge >= 0.3 is 0 Å². The van der Waals surface area contributed by atoms with Crippen LogP contribution in [0.15, 0.2) is 30.8 Å². The van der Waals surface area contributed by atoms with E-state index in [9.17, 15) is 5.11 Å². The van der Waals surface area contributed by atoms with E-state index in [-0.39, 0.29) is 0 Å². The number of rotatable bonds is 1. The Hall–Kier alpha value is -1.76. The van der Waals surface area contributed by atoms with E-state index in [0.717, 1.165) is 21.9 Å². The van der Waals surface area contributed by atoms with Gasteiger partial charge in [-0.25, -0.2) is 0 Å². The highest BCUT2D eigenvalue weighted by Gasteiger charge is 2.10. The third kappa shape index (κ3) is 1.32. The molecule has 2 aromatic rings. The SMILES string of the molecule is C=Cc1c(C)c(C)c2ccccc2c1O. The molecular weight excluding hydrogens is 184 g/mol. The number of aryl methyl sites for hydroxylation is 1. The molecular formula is C14H14O. The molecule has 0 spiro atoms. The second kappa shape index (κ2) is 3.43. The summed E-state index contributed by atoms with van der Waals surface area (Å²) in [4.78, 5) is 0. The van der Waals surface area contributed by atoms with Crippen LogP contribution in [0.3, 0.4) is 0 Å². The molecule has 0 saturated carbocycles. The fraction of sp³-hybridized carbons (Fsp3) is 0.143. The minimum Gasteiger partial charge on any atom is -0.507 e. The minimum absolute atomic E-state index is 0.337. The molecule has 15 heavy (non-hydrogen) atoms. The standard InChI is InChI=1S/C14H14O/c1-4-11-9(2)10(3)12-7-5-6-8-13(12)14(11)15/h4-8,15H,1H2,2-3H3. The molecule has 0 aliphatic rings. The monoisotopic (exact) mass is 198 g/mol. The average Bonchev–Trinajstić information content (AvgIpc) is 2.27. The van der Waals surface area contributed by atoms with Gasteiger partial charge in [0, 0.05) is 10.9 Å². The lowest BCUT2D eigenvalue weighted by molar-refractivity contribution is 0.480. The molecule has 0 aliphatic heterocycles. The summed E-state index contributed by atoms with van der Waals surface area (Å²) < 4.78 is 0. The van der Waals surface area contributed by atoms with E-state index in [4.69, 9.17) is 0 Å². The largest absolute Gasteiger partial charge is 0.507 e. The highest BCUT2D eigenvalue weighted by molar-refractivity contribution is 5.95. The number of phenols is 1. The molecule has 0 atom stereocenters. The van der Waals surface area contributed by atoms with Gasteiger partial charge < -0.3 is 5.11 Å². The lowest BCUT2D eigenvalue weighted by Crippen LogP contribution is -1.90. The summed E-state index contributed by atoms with van der Waals surface area (Å²) in [5, 5.41) is 12.1. The fourth-order valence-corrected chi connectivity index (χ4v) is 1.99. The average molecular weight is 198 g/mol. The molecule has 1 heteroatoms. The Labute approximate surface area is 89.7 Å². The Balaban J connectivity index is 3.02. The quantitative estimate of drug-likeness (QED) is 0.738. The van der Waals surface area contributed by atoms with Crippen LogP contribution in [0.4, 0.5) is 0 Å². The molecule has 76 valence electrons. The first kappa shape index (κ1) is 9.78. The van der Waals surface area contributed by atoms with Gasteiger partial charge in [-0.3, -0.25) is 0 Å². The van der Waals surface area contributed by atoms with E-state index in [1.807, 2.05) is 31.2 Å². The van der Waals surface area contributed by atoms with Crippen LogP contribution in [0.25, 0.3) is 16.8 Å². The lowest BCUT2D eigenvalue weighted by atomic mass is 9.95. The van der Waals surface area contributed by atoms with Gasteiger partial charge in [-0.1, -0.05) is 36.9 Å². The molecule has 0 heterocycles. The summed E-state index contributed by atoms with van der Waals surface area (Å²) in [5.74, 6) is 0.337. The lowest BCUT2D eigenvalue weighted by Gasteiger charge is -2.12. The molecule has 0 saturated heterocycles. The topological polar surface area (TPSA) is 20.2 Å². The first-order chi connectivity index (χ1) is 7.16. The molecule has 0 aliphatic carbocycles. The minimum atomic E-state index is 0.337. The second-order valence-electron chi connectivity index (χ2n) is 3.76. The van der Waals surface area contributed by atoms with Crippen LogP contribution >= 0.6 is 0 Å². The number of phenolic OH excluding ortho intramolecular Hbond substituents is 1. The Morgan fingerprint density at radius 1 is 1.07 bits per heavy atom. The van der Waals surface area contributed by atoms with Gasteiger partial charge in [-0.2, -0.15) is 0 Å². The molecule has 0 aromatic heterocycles. The van der Waals surface area contributed by atoms with E-state index in [1.165, 1.54) is 5.56 Å². The number of aromatic hydroxyl groups is 1. The van der Waals surface area contributed by atoms with Gasteiger partial charge in [0.05, 0.1) is 0 Å². The van der Waals surface area contributed by atoms with Crippen LogP contribution in [0, 0.1) is 13.8 Å².